The highest BCUT2D eigenvalue weighted by Crippen LogP contribution is 2.17. The zero-order valence-electron chi connectivity index (χ0n) is 17.5. The summed E-state index contributed by atoms with van der Waals surface area (Å²) in [5, 5.41) is 0.701. The predicted octanol–water partition coefficient (Wildman–Crippen LogP) is 4.11. The number of hydrogen-bond donors (Lipinski definition) is 0. The van der Waals surface area contributed by atoms with Gasteiger partial charge in [0.15, 0.2) is 0 Å². The number of piperazine rings is 1. The molecule has 0 aromatic heterocycles. The van der Waals surface area contributed by atoms with E-state index in [-0.39, 0.29) is 11.8 Å². The molecule has 0 radical (unpaired) electrons. The first kappa shape index (κ1) is 22.2. The van der Waals surface area contributed by atoms with Crippen molar-refractivity contribution in [3.63, 3.8) is 0 Å². The second-order valence-electron chi connectivity index (χ2n) is 7.61. The van der Waals surface area contributed by atoms with Gasteiger partial charge in [0, 0.05) is 44.0 Å². The van der Waals surface area contributed by atoms with Crippen molar-refractivity contribution in [2.45, 2.75) is 32.6 Å². The van der Waals surface area contributed by atoms with Crippen molar-refractivity contribution in [1.82, 2.24) is 9.80 Å². The Kier molecular flexibility index (Phi) is 8.14. The van der Waals surface area contributed by atoms with Gasteiger partial charge in [-0.1, -0.05) is 41.9 Å². The predicted molar refractivity (Wildman–Crippen MR) is 119 cm³/mol. The molecule has 1 heterocycles. The molecule has 3 rings (SSSR count). The zero-order chi connectivity index (χ0) is 21.3. The number of amides is 2. The maximum absolute atomic E-state index is 12.5. The highest BCUT2D eigenvalue weighted by Gasteiger charge is 2.23. The molecule has 0 atom stereocenters. The van der Waals surface area contributed by atoms with Crippen molar-refractivity contribution in [2.24, 2.45) is 0 Å². The van der Waals surface area contributed by atoms with Crippen LogP contribution in [0.5, 0.6) is 5.75 Å². The summed E-state index contributed by atoms with van der Waals surface area (Å²) in [5.41, 5.74) is 2.20. The maximum Gasteiger partial charge on any atom is 0.223 e. The van der Waals surface area contributed by atoms with E-state index in [0.29, 0.717) is 63.5 Å². The second kappa shape index (κ2) is 11.0. The van der Waals surface area contributed by atoms with Crippen LogP contribution in [0, 0.1) is 6.92 Å². The van der Waals surface area contributed by atoms with Crippen LogP contribution in [0.4, 0.5) is 0 Å². The fourth-order valence-electron chi connectivity index (χ4n) is 3.55. The number of carbonyl (C=O) groups is 2. The van der Waals surface area contributed by atoms with Gasteiger partial charge >= 0.3 is 0 Å². The minimum Gasteiger partial charge on any atom is -0.493 e. The fourth-order valence-corrected chi connectivity index (χ4v) is 3.67. The number of para-hydroxylation sites is 1. The summed E-state index contributed by atoms with van der Waals surface area (Å²) in [5.74, 6) is 1.15. The summed E-state index contributed by atoms with van der Waals surface area (Å²) in [6.07, 6.45) is 2.34. The van der Waals surface area contributed by atoms with Crippen molar-refractivity contribution in [3.05, 3.63) is 64.7 Å². The highest BCUT2D eigenvalue weighted by atomic mass is 35.5. The van der Waals surface area contributed by atoms with Gasteiger partial charge < -0.3 is 14.5 Å². The fraction of sp³-hybridized carbons (Fsp3) is 0.417. The Labute approximate surface area is 183 Å². The summed E-state index contributed by atoms with van der Waals surface area (Å²) in [6.45, 7) is 4.95. The number of hydrogen-bond acceptors (Lipinski definition) is 3. The van der Waals surface area contributed by atoms with Gasteiger partial charge in [-0.25, -0.2) is 0 Å². The summed E-state index contributed by atoms with van der Waals surface area (Å²) in [6, 6.07) is 15.5. The Morgan fingerprint density at radius 1 is 0.900 bits per heavy atom. The lowest BCUT2D eigenvalue weighted by Crippen LogP contribution is -2.50. The van der Waals surface area contributed by atoms with Crippen LogP contribution in [0.3, 0.4) is 0 Å². The molecule has 6 heteroatoms. The second-order valence-corrected chi connectivity index (χ2v) is 8.04. The van der Waals surface area contributed by atoms with Gasteiger partial charge in [0.25, 0.3) is 0 Å². The first-order valence-corrected chi connectivity index (χ1v) is 10.9. The number of ether oxygens (including phenoxy) is 1. The van der Waals surface area contributed by atoms with Crippen molar-refractivity contribution in [2.75, 3.05) is 32.8 Å². The molecule has 0 aliphatic carbocycles. The third-order valence-electron chi connectivity index (χ3n) is 5.41. The van der Waals surface area contributed by atoms with Gasteiger partial charge in [-0.3, -0.25) is 9.59 Å². The Bertz CT molecular complexity index is 846. The van der Waals surface area contributed by atoms with Crippen LogP contribution in [0.1, 0.15) is 30.4 Å². The van der Waals surface area contributed by atoms with Gasteiger partial charge in [-0.15, -0.1) is 0 Å². The van der Waals surface area contributed by atoms with Gasteiger partial charge in [-0.05, 0) is 49.1 Å². The average Bonchev–Trinajstić information content (AvgIpc) is 2.77. The van der Waals surface area contributed by atoms with Crippen molar-refractivity contribution in [1.29, 1.82) is 0 Å². The van der Waals surface area contributed by atoms with E-state index in [0.717, 1.165) is 16.9 Å². The third-order valence-corrected chi connectivity index (χ3v) is 5.66. The third kappa shape index (κ3) is 6.49. The molecule has 0 saturated carbocycles. The summed E-state index contributed by atoms with van der Waals surface area (Å²) < 4.78 is 5.76. The first-order valence-electron chi connectivity index (χ1n) is 10.5. The zero-order valence-corrected chi connectivity index (χ0v) is 18.2. The molecule has 0 N–H and O–H groups in total. The van der Waals surface area contributed by atoms with Crippen molar-refractivity contribution in [3.8, 4) is 5.75 Å². The molecule has 2 aromatic rings. The van der Waals surface area contributed by atoms with Crippen LogP contribution in [0.15, 0.2) is 48.5 Å². The molecule has 2 aromatic carbocycles. The van der Waals surface area contributed by atoms with Gasteiger partial charge in [0.2, 0.25) is 11.8 Å². The SMILES string of the molecule is Cc1ccccc1OCCCC(=O)N1CCN(C(=O)CCc2ccc(Cl)cc2)CC1. The van der Waals surface area contributed by atoms with E-state index in [1.54, 1.807) is 0 Å². The molecule has 30 heavy (non-hydrogen) atoms. The van der Waals surface area contributed by atoms with E-state index in [9.17, 15) is 9.59 Å². The molecule has 0 spiro atoms. The molecule has 160 valence electrons. The van der Waals surface area contributed by atoms with E-state index in [2.05, 4.69) is 0 Å². The maximum atomic E-state index is 12.5. The number of rotatable bonds is 8. The Morgan fingerprint density at radius 3 is 2.13 bits per heavy atom. The lowest BCUT2D eigenvalue weighted by Gasteiger charge is -2.35. The largest absolute Gasteiger partial charge is 0.493 e. The molecule has 2 amide bonds. The minimum absolute atomic E-state index is 0.136. The number of carbonyl (C=O) groups excluding carboxylic acids is 2. The van der Waals surface area contributed by atoms with E-state index in [1.807, 2.05) is 65.3 Å². The summed E-state index contributed by atoms with van der Waals surface area (Å²) in [7, 11) is 0. The topological polar surface area (TPSA) is 49.9 Å². The van der Waals surface area contributed by atoms with Gasteiger partial charge in [-0.2, -0.15) is 0 Å². The minimum atomic E-state index is 0.136. The van der Waals surface area contributed by atoms with Crippen molar-refractivity contribution < 1.29 is 14.3 Å². The smallest absolute Gasteiger partial charge is 0.223 e. The van der Waals surface area contributed by atoms with E-state index >= 15 is 0 Å². The lowest BCUT2D eigenvalue weighted by molar-refractivity contribution is -0.139. The normalized spacial score (nSPS) is 13.9. The first-order chi connectivity index (χ1) is 14.5. The Hall–Kier alpha value is -2.53. The molecule has 1 saturated heterocycles. The quantitative estimate of drug-likeness (QED) is 0.594. The van der Waals surface area contributed by atoms with Crippen molar-refractivity contribution >= 4 is 23.4 Å². The Balaban J connectivity index is 1.33. The molecular formula is C24H29ClN2O3. The van der Waals surface area contributed by atoms with E-state index in [4.69, 9.17) is 16.3 Å². The number of nitrogens with zero attached hydrogens (tertiary/aromatic N) is 2. The van der Waals surface area contributed by atoms with Crippen LogP contribution in [-0.4, -0.2) is 54.4 Å². The van der Waals surface area contributed by atoms with Gasteiger partial charge in [0.05, 0.1) is 6.61 Å². The number of aryl methyl sites for hydroxylation is 2. The van der Waals surface area contributed by atoms with Crippen LogP contribution < -0.4 is 4.74 Å². The average molecular weight is 429 g/mol. The van der Waals surface area contributed by atoms with Crippen LogP contribution in [0.25, 0.3) is 0 Å². The standard InChI is InChI=1S/C24H29ClN2O3/c1-19-5-2-3-6-22(19)30-18-4-7-23(28)26-14-16-27(17-15-26)24(29)13-10-20-8-11-21(25)12-9-20/h2-3,5-6,8-9,11-12H,4,7,10,13-18H2,1H3. The molecule has 1 aliphatic heterocycles. The van der Waals surface area contributed by atoms with Crippen LogP contribution >= 0.6 is 11.6 Å². The monoisotopic (exact) mass is 428 g/mol. The van der Waals surface area contributed by atoms with Crippen LogP contribution in [0.2, 0.25) is 5.02 Å². The van der Waals surface area contributed by atoms with Gasteiger partial charge in [0.1, 0.15) is 5.75 Å². The number of halogens is 1. The summed E-state index contributed by atoms with van der Waals surface area (Å²) in [4.78, 5) is 28.6. The van der Waals surface area contributed by atoms with E-state index in [1.165, 1.54) is 0 Å². The van der Waals surface area contributed by atoms with Crippen LogP contribution in [-0.2, 0) is 16.0 Å². The molecule has 1 fully saturated rings. The highest BCUT2D eigenvalue weighted by molar-refractivity contribution is 6.30. The van der Waals surface area contributed by atoms with E-state index < -0.39 is 0 Å². The number of benzene rings is 2. The molecule has 1 aliphatic rings. The molecular weight excluding hydrogens is 400 g/mol. The molecule has 0 bridgehead atoms. The molecule has 0 unspecified atom stereocenters. The lowest BCUT2D eigenvalue weighted by atomic mass is 10.1. The Morgan fingerprint density at radius 2 is 1.50 bits per heavy atom. The molecule has 5 nitrogen and oxygen atoms in total. The summed E-state index contributed by atoms with van der Waals surface area (Å²) >= 11 is 5.90.